The maximum absolute atomic E-state index is 11.4. The Labute approximate surface area is 141 Å². The van der Waals surface area contributed by atoms with Gasteiger partial charge in [0.15, 0.2) is 0 Å². The topological polar surface area (TPSA) is 49.4 Å². The highest BCUT2D eigenvalue weighted by atomic mass is 16.5. The third-order valence-electron chi connectivity index (χ3n) is 3.87. The van der Waals surface area contributed by atoms with Gasteiger partial charge in [-0.3, -0.25) is 0 Å². The minimum Gasteiger partial charge on any atom is -0.545 e. The molecular formula is C21H17O3-. The first kappa shape index (κ1) is 15.8. The number of benzene rings is 3. The first-order valence-corrected chi connectivity index (χ1v) is 7.85. The fraction of sp³-hybridized carbons (Fsp3) is 0.0952. The van der Waals surface area contributed by atoms with Crippen molar-refractivity contribution in [1.29, 1.82) is 0 Å². The summed E-state index contributed by atoms with van der Waals surface area (Å²) in [5.74, 6) is -0.331. The van der Waals surface area contributed by atoms with Gasteiger partial charge in [0.2, 0.25) is 0 Å². The fourth-order valence-corrected chi connectivity index (χ4v) is 2.57. The predicted octanol–water partition coefficient (Wildman–Crippen LogP) is 4.07. The second kappa shape index (κ2) is 7.01. The van der Waals surface area contributed by atoms with E-state index >= 15 is 0 Å². The van der Waals surface area contributed by atoms with E-state index in [2.05, 4.69) is 0 Å². The summed E-state index contributed by atoms with van der Waals surface area (Å²) in [7, 11) is 0. The lowest BCUT2D eigenvalue weighted by Crippen LogP contribution is -2.22. The van der Waals surface area contributed by atoms with Crippen molar-refractivity contribution in [3.05, 3.63) is 83.9 Å². The SMILES string of the molecule is CCc1ccc(C(=O)[O-])c(Oc2ccccc2-c2ccccc2)c1. The lowest BCUT2D eigenvalue weighted by molar-refractivity contribution is -0.255. The zero-order chi connectivity index (χ0) is 16.9. The second-order valence-corrected chi connectivity index (χ2v) is 5.44. The van der Waals surface area contributed by atoms with Crippen molar-refractivity contribution in [2.75, 3.05) is 0 Å². The van der Waals surface area contributed by atoms with E-state index in [0.29, 0.717) is 11.5 Å². The zero-order valence-corrected chi connectivity index (χ0v) is 13.4. The van der Waals surface area contributed by atoms with Crippen LogP contribution in [0.4, 0.5) is 0 Å². The average Bonchev–Trinajstić information content (AvgIpc) is 2.62. The molecule has 0 amide bonds. The van der Waals surface area contributed by atoms with Crippen LogP contribution in [0.5, 0.6) is 11.5 Å². The van der Waals surface area contributed by atoms with Gasteiger partial charge in [0, 0.05) is 11.1 Å². The van der Waals surface area contributed by atoms with Crippen LogP contribution in [0.2, 0.25) is 0 Å². The van der Waals surface area contributed by atoms with Crippen molar-refractivity contribution in [1.82, 2.24) is 0 Å². The van der Waals surface area contributed by atoms with Crippen molar-refractivity contribution in [3.63, 3.8) is 0 Å². The number of rotatable bonds is 5. The monoisotopic (exact) mass is 317 g/mol. The van der Waals surface area contributed by atoms with Gasteiger partial charge in [-0.25, -0.2) is 0 Å². The summed E-state index contributed by atoms with van der Waals surface area (Å²) in [6.45, 7) is 2.01. The van der Waals surface area contributed by atoms with Crippen molar-refractivity contribution in [2.45, 2.75) is 13.3 Å². The summed E-state index contributed by atoms with van der Waals surface area (Å²) in [5, 5.41) is 11.4. The standard InChI is InChI=1S/C21H18O3/c1-2-15-12-13-18(21(22)23)20(14-15)24-19-11-7-6-10-17(19)16-8-4-3-5-9-16/h3-14H,2H2,1H3,(H,22,23)/p-1. The molecule has 0 aromatic heterocycles. The van der Waals surface area contributed by atoms with Gasteiger partial charge in [-0.2, -0.15) is 0 Å². The molecule has 0 unspecified atom stereocenters. The molecule has 3 aromatic rings. The zero-order valence-electron chi connectivity index (χ0n) is 13.4. The molecule has 0 atom stereocenters. The van der Waals surface area contributed by atoms with Crippen molar-refractivity contribution in [3.8, 4) is 22.6 Å². The molecule has 24 heavy (non-hydrogen) atoms. The summed E-state index contributed by atoms with van der Waals surface area (Å²) in [5.41, 5.74) is 2.97. The van der Waals surface area contributed by atoms with Crippen LogP contribution in [0.1, 0.15) is 22.8 Å². The molecule has 0 aliphatic heterocycles. The van der Waals surface area contributed by atoms with Crippen molar-refractivity contribution in [2.24, 2.45) is 0 Å². The number of hydrogen-bond donors (Lipinski definition) is 0. The number of aromatic carboxylic acids is 1. The Hall–Kier alpha value is -3.07. The summed E-state index contributed by atoms with van der Waals surface area (Å²) in [6.07, 6.45) is 0.796. The smallest absolute Gasteiger partial charge is 0.136 e. The molecule has 0 spiro atoms. The molecule has 3 aromatic carbocycles. The maximum atomic E-state index is 11.4. The second-order valence-electron chi connectivity index (χ2n) is 5.44. The van der Waals surface area contributed by atoms with Crippen molar-refractivity contribution < 1.29 is 14.6 Å². The Bertz CT molecular complexity index is 854. The molecule has 0 heterocycles. The van der Waals surface area contributed by atoms with E-state index in [1.54, 1.807) is 12.1 Å². The highest BCUT2D eigenvalue weighted by molar-refractivity contribution is 5.89. The first-order valence-electron chi connectivity index (χ1n) is 7.85. The number of carbonyl (C=O) groups is 1. The molecule has 0 aliphatic rings. The van der Waals surface area contributed by atoms with Gasteiger partial charge in [0.05, 0.1) is 5.97 Å². The molecule has 0 N–H and O–H groups in total. The molecular weight excluding hydrogens is 300 g/mol. The molecule has 3 heteroatoms. The molecule has 3 rings (SSSR count). The first-order chi connectivity index (χ1) is 11.7. The maximum Gasteiger partial charge on any atom is 0.136 e. The van der Waals surface area contributed by atoms with E-state index < -0.39 is 5.97 Å². The van der Waals surface area contributed by atoms with Gasteiger partial charge in [-0.05, 0) is 35.7 Å². The van der Waals surface area contributed by atoms with Crippen LogP contribution in [0.15, 0.2) is 72.8 Å². The molecule has 0 bridgehead atoms. The van der Waals surface area contributed by atoms with Gasteiger partial charge in [-0.1, -0.05) is 61.5 Å². The number of ether oxygens (including phenoxy) is 1. The van der Waals surface area contributed by atoms with Crippen LogP contribution in [0.25, 0.3) is 11.1 Å². The van der Waals surface area contributed by atoms with Crippen LogP contribution >= 0.6 is 0 Å². The summed E-state index contributed by atoms with van der Waals surface area (Å²) >= 11 is 0. The van der Waals surface area contributed by atoms with Crippen LogP contribution in [-0.4, -0.2) is 5.97 Å². The third kappa shape index (κ3) is 3.30. The Kier molecular flexibility index (Phi) is 4.62. The number of para-hydroxylation sites is 1. The van der Waals surface area contributed by atoms with E-state index in [1.807, 2.05) is 61.5 Å². The number of aryl methyl sites for hydroxylation is 1. The van der Waals surface area contributed by atoms with Crippen LogP contribution in [0, 0.1) is 0 Å². The van der Waals surface area contributed by atoms with E-state index in [-0.39, 0.29) is 5.56 Å². The Morgan fingerprint density at radius 2 is 1.62 bits per heavy atom. The molecule has 0 radical (unpaired) electrons. The highest BCUT2D eigenvalue weighted by Crippen LogP contribution is 2.34. The molecule has 120 valence electrons. The summed E-state index contributed by atoms with van der Waals surface area (Å²) in [6, 6.07) is 22.5. The van der Waals surface area contributed by atoms with Crippen LogP contribution in [-0.2, 0) is 6.42 Å². The van der Waals surface area contributed by atoms with Crippen LogP contribution < -0.4 is 9.84 Å². The molecule has 3 nitrogen and oxygen atoms in total. The fourth-order valence-electron chi connectivity index (χ4n) is 2.57. The normalized spacial score (nSPS) is 10.4. The Balaban J connectivity index is 2.05. The Morgan fingerprint density at radius 1 is 0.917 bits per heavy atom. The molecule has 0 saturated heterocycles. The van der Waals surface area contributed by atoms with E-state index in [1.165, 1.54) is 6.07 Å². The lowest BCUT2D eigenvalue weighted by atomic mass is 10.0. The number of carboxylic acid groups (broad SMARTS) is 1. The minimum absolute atomic E-state index is 0.0510. The van der Waals surface area contributed by atoms with Crippen molar-refractivity contribution >= 4 is 5.97 Å². The number of carbonyl (C=O) groups excluding carboxylic acids is 1. The summed E-state index contributed by atoms with van der Waals surface area (Å²) < 4.78 is 5.98. The number of carboxylic acids is 1. The minimum atomic E-state index is -1.25. The highest BCUT2D eigenvalue weighted by Gasteiger charge is 2.11. The molecule has 0 aliphatic carbocycles. The largest absolute Gasteiger partial charge is 0.545 e. The van der Waals surface area contributed by atoms with Gasteiger partial charge in [-0.15, -0.1) is 0 Å². The summed E-state index contributed by atoms with van der Waals surface area (Å²) in [4.78, 5) is 11.4. The lowest BCUT2D eigenvalue weighted by Gasteiger charge is -2.16. The Morgan fingerprint density at radius 3 is 2.33 bits per heavy atom. The predicted molar refractivity (Wildman–Crippen MR) is 92.1 cm³/mol. The third-order valence-corrected chi connectivity index (χ3v) is 3.87. The average molecular weight is 317 g/mol. The van der Waals surface area contributed by atoms with Gasteiger partial charge in [0.25, 0.3) is 0 Å². The van der Waals surface area contributed by atoms with Gasteiger partial charge < -0.3 is 14.6 Å². The van der Waals surface area contributed by atoms with E-state index in [4.69, 9.17) is 4.74 Å². The van der Waals surface area contributed by atoms with E-state index in [9.17, 15) is 9.90 Å². The quantitative estimate of drug-likeness (QED) is 0.712. The van der Waals surface area contributed by atoms with Gasteiger partial charge >= 0.3 is 0 Å². The van der Waals surface area contributed by atoms with Crippen LogP contribution in [0.3, 0.4) is 0 Å². The number of hydrogen-bond acceptors (Lipinski definition) is 3. The van der Waals surface area contributed by atoms with E-state index in [0.717, 1.165) is 23.1 Å². The molecule has 0 fully saturated rings. The molecule has 0 saturated carbocycles. The van der Waals surface area contributed by atoms with Gasteiger partial charge in [0.1, 0.15) is 11.5 Å².